The molecule has 0 fully saturated rings. The molecule has 0 aromatic heterocycles. The molecule has 140 valence electrons. The van der Waals surface area contributed by atoms with Crippen molar-refractivity contribution in [1.82, 2.24) is 0 Å². The molecule has 0 aliphatic rings. The predicted molar refractivity (Wildman–Crippen MR) is 97.8 cm³/mol. The Morgan fingerprint density at radius 2 is 1.35 bits per heavy atom. The Hall–Kier alpha value is -0.160. The van der Waals surface area contributed by atoms with Crippen molar-refractivity contribution in [1.29, 1.82) is 0 Å². The molecule has 0 unspecified atom stereocenters. The normalized spacial score (nSPS) is 12.7. The minimum atomic E-state index is -0.157. The van der Waals surface area contributed by atoms with Crippen LogP contribution in [0.15, 0.2) is 0 Å². The predicted octanol–water partition coefficient (Wildman–Crippen LogP) is 4.04. The van der Waals surface area contributed by atoms with Crippen LogP contribution < -0.4 is 5.73 Å². The van der Waals surface area contributed by atoms with E-state index in [1.807, 2.05) is 0 Å². The van der Waals surface area contributed by atoms with Gasteiger partial charge in [0.15, 0.2) is 0 Å². The Morgan fingerprint density at radius 3 is 1.96 bits per heavy atom. The van der Waals surface area contributed by atoms with Crippen molar-refractivity contribution in [2.75, 3.05) is 33.0 Å². The molecule has 0 aromatic carbocycles. The minimum absolute atomic E-state index is 0.0505. The maximum absolute atomic E-state index is 9.31. The van der Waals surface area contributed by atoms with Crippen molar-refractivity contribution in [3.05, 3.63) is 0 Å². The van der Waals surface area contributed by atoms with Crippen LogP contribution in [0.1, 0.15) is 84.0 Å². The largest absolute Gasteiger partial charge is 0.394 e. The third-order valence-electron chi connectivity index (χ3n) is 4.10. The van der Waals surface area contributed by atoms with Gasteiger partial charge in [0.1, 0.15) is 6.10 Å². The van der Waals surface area contributed by atoms with Crippen molar-refractivity contribution in [3.63, 3.8) is 0 Å². The molecule has 0 radical (unpaired) electrons. The summed E-state index contributed by atoms with van der Waals surface area (Å²) >= 11 is 0. The van der Waals surface area contributed by atoms with Crippen molar-refractivity contribution in [3.8, 4) is 0 Å². The van der Waals surface area contributed by atoms with Gasteiger partial charge in [-0.05, 0) is 25.8 Å². The SMILES string of the molecule is CCCCCCCCO[C@@H](CO)COCCCCCCCCN. The fourth-order valence-electron chi connectivity index (χ4n) is 2.56. The second-order valence-corrected chi connectivity index (χ2v) is 6.43. The van der Waals surface area contributed by atoms with Gasteiger partial charge >= 0.3 is 0 Å². The maximum Gasteiger partial charge on any atom is 0.104 e. The van der Waals surface area contributed by atoms with Gasteiger partial charge in [0.25, 0.3) is 0 Å². The van der Waals surface area contributed by atoms with E-state index < -0.39 is 0 Å². The molecular formula is C19H41NO3. The topological polar surface area (TPSA) is 64.7 Å². The summed E-state index contributed by atoms with van der Waals surface area (Å²) < 4.78 is 11.3. The van der Waals surface area contributed by atoms with Crippen molar-refractivity contribution in [2.45, 2.75) is 90.1 Å². The average molecular weight is 332 g/mol. The number of aliphatic hydroxyl groups excluding tert-OH is 1. The first-order valence-corrected chi connectivity index (χ1v) is 9.85. The third kappa shape index (κ3) is 18.0. The lowest BCUT2D eigenvalue weighted by atomic mass is 10.1. The first-order chi connectivity index (χ1) is 11.3. The summed E-state index contributed by atoms with van der Waals surface area (Å²) in [5.74, 6) is 0. The zero-order valence-electron chi connectivity index (χ0n) is 15.4. The molecule has 0 saturated heterocycles. The monoisotopic (exact) mass is 331 g/mol. The molecular weight excluding hydrogens is 290 g/mol. The number of nitrogens with two attached hydrogens (primary N) is 1. The molecule has 23 heavy (non-hydrogen) atoms. The molecule has 1 atom stereocenters. The van der Waals surface area contributed by atoms with E-state index in [0.717, 1.165) is 39.0 Å². The zero-order valence-corrected chi connectivity index (χ0v) is 15.4. The summed E-state index contributed by atoms with van der Waals surface area (Å²) in [5, 5.41) is 9.31. The van der Waals surface area contributed by atoms with Gasteiger partial charge in [-0.15, -0.1) is 0 Å². The molecule has 0 bridgehead atoms. The van der Waals surface area contributed by atoms with Crippen LogP contribution in [-0.4, -0.2) is 44.2 Å². The summed E-state index contributed by atoms with van der Waals surface area (Å²) in [6.45, 7) is 5.12. The highest BCUT2D eigenvalue weighted by molar-refractivity contribution is 4.55. The smallest absolute Gasteiger partial charge is 0.104 e. The van der Waals surface area contributed by atoms with Crippen LogP contribution in [0, 0.1) is 0 Å². The fourth-order valence-corrected chi connectivity index (χ4v) is 2.56. The summed E-state index contributed by atoms with van der Waals surface area (Å²) in [7, 11) is 0. The highest BCUT2D eigenvalue weighted by atomic mass is 16.5. The average Bonchev–Trinajstić information content (AvgIpc) is 2.57. The van der Waals surface area contributed by atoms with Gasteiger partial charge < -0.3 is 20.3 Å². The van der Waals surface area contributed by atoms with Crippen molar-refractivity contribution < 1.29 is 14.6 Å². The van der Waals surface area contributed by atoms with E-state index in [-0.39, 0.29) is 12.7 Å². The number of unbranched alkanes of at least 4 members (excludes halogenated alkanes) is 10. The molecule has 4 nitrogen and oxygen atoms in total. The summed E-state index contributed by atoms with van der Waals surface area (Å²) in [6.07, 6.45) is 14.6. The van der Waals surface area contributed by atoms with Crippen molar-refractivity contribution in [2.24, 2.45) is 5.73 Å². The Bertz CT molecular complexity index is 215. The fraction of sp³-hybridized carbons (Fsp3) is 1.00. The van der Waals surface area contributed by atoms with E-state index in [2.05, 4.69) is 6.92 Å². The molecule has 4 heteroatoms. The maximum atomic E-state index is 9.31. The third-order valence-corrected chi connectivity index (χ3v) is 4.10. The van der Waals surface area contributed by atoms with Gasteiger partial charge in [0.2, 0.25) is 0 Å². The standard InChI is InChI=1S/C19H41NO3/c1-2-3-4-5-10-13-16-23-19(17-21)18-22-15-12-9-7-6-8-11-14-20/h19,21H,2-18,20H2,1H3/t19-/m0/s1. The van der Waals surface area contributed by atoms with E-state index in [9.17, 15) is 5.11 Å². The lowest BCUT2D eigenvalue weighted by Crippen LogP contribution is -2.24. The number of aliphatic hydroxyl groups is 1. The Balaban J connectivity index is 3.28. The molecule has 0 aromatic rings. The van der Waals surface area contributed by atoms with E-state index in [1.54, 1.807) is 0 Å². The molecule has 0 amide bonds. The van der Waals surface area contributed by atoms with Crippen LogP contribution in [0.4, 0.5) is 0 Å². The van der Waals surface area contributed by atoms with E-state index in [0.29, 0.717) is 6.61 Å². The quantitative estimate of drug-likeness (QED) is 0.351. The highest BCUT2D eigenvalue weighted by Gasteiger charge is 2.07. The zero-order chi connectivity index (χ0) is 17.0. The van der Waals surface area contributed by atoms with Crippen LogP contribution in [0.25, 0.3) is 0 Å². The number of ether oxygens (including phenoxy) is 2. The van der Waals surface area contributed by atoms with E-state index in [1.165, 1.54) is 57.8 Å². The highest BCUT2D eigenvalue weighted by Crippen LogP contribution is 2.07. The number of rotatable bonds is 19. The van der Waals surface area contributed by atoms with Gasteiger partial charge in [-0.3, -0.25) is 0 Å². The first kappa shape index (κ1) is 22.8. The molecule has 0 heterocycles. The van der Waals surface area contributed by atoms with Gasteiger partial charge in [-0.25, -0.2) is 0 Å². The number of hydrogen-bond donors (Lipinski definition) is 2. The molecule has 0 aliphatic heterocycles. The van der Waals surface area contributed by atoms with E-state index >= 15 is 0 Å². The first-order valence-electron chi connectivity index (χ1n) is 9.85. The number of hydrogen-bond acceptors (Lipinski definition) is 4. The van der Waals surface area contributed by atoms with Gasteiger partial charge in [0, 0.05) is 13.2 Å². The molecule has 0 aliphatic carbocycles. The lowest BCUT2D eigenvalue weighted by molar-refractivity contribution is -0.0437. The molecule has 0 rings (SSSR count). The second kappa shape index (κ2) is 19.9. The van der Waals surface area contributed by atoms with Crippen LogP contribution in [-0.2, 0) is 9.47 Å². The van der Waals surface area contributed by atoms with Crippen LogP contribution in [0.2, 0.25) is 0 Å². The van der Waals surface area contributed by atoms with Crippen LogP contribution >= 0.6 is 0 Å². The minimum Gasteiger partial charge on any atom is -0.394 e. The van der Waals surface area contributed by atoms with Gasteiger partial charge in [-0.2, -0.15) is 0 Å². The van der Waals surface area contributed by atoms with Crippen LogP contribution in [0.3, 0.4) is 0 Å². The molecule has 0 spiro atoms. The Morgan fingerprint density at radius 1 is 0.783 bits per heavy atom. The summed E-state index contributed by atoms with van der Waals surface area (Å²) in [5.41, 5.74) is 5.47. The van der Waals surface area contributed by atoms with Crippen molar-refractivity contribution >= 4 is 0 Å². The summed E-state index contributed by atoms with van der Waals surface area (Å²) in [4.78, 5) is 0. The Kier molecular flexibility index (Phi) is 19.7. The van der Waals surface area contributed by atoms with Gasteiger partial charge in [-0.1, -0.05) is 64.7 Å². The Labute approximate surface area is 144 Å². The van der Waals surface area contributed by atoms with Crippen LogP contribution in [0.5, 0.6) is 0 Å². The summed E-state index contributed by atoms with van der Waals surface area (Å²) in [6, 6.07) is 0. The van der Waals surface area contributed by atoms with Gasteiger partial charge in [0.05, 0.1) is 13.2 Å². The molecule has 3 N–H and O–H groups in total. The second-order valence-electron chi connectivity index (χ2n) is 6.43. The lowest BCUT2D eigenvalue weighted by Gasteiger charge is -2.15. The molecule has 0 saturated carbocycles. The van der Waals surface area contributed by atoms with E-state index in [4.69, 9.17) is 15.2 Å².